The second kappa shape index (κ2) is 21.2. The summed E-state index contributed by atoms with van der Waals surface area (Å²) in [5, 5.41) is 4.97. The van der Waals surface area contributed by atoms with Gasteiger partial charge in [-0.2, -0.15) is 0 Å². The molecule has 0 amide bonds. The van der Waals surface area contributed by atoms with Crippen molar-refractivity contribution >= 4 is 101 Å². The third-order valence-corrected chi connectivity index (χ3v) is 23.4. The van der Waals surface area contributed by atoms with Crippen LogP contribution >= 0.6 is 0 Å². The van der Waals surface area contributed by atoms with Crippen LogP contribution in [-0.4, -0.2) is 15.8 Å². The molecule has 0 unspecified atom stereocenters. The minimum atomic E-state index is -0.137. The van der Waals surface area contributed by atoms with Crippen LogP contribution in [0.4, 0.5) is 34.1 Å². The first-order valence-corrected chi connectivity index (χ1v) is 35.3. The topological polar surface area (TPSA) is 16.3 Å². The Morgan fingerprint density at radius 1 is 0.289 bits per heavy atom. The summed E-state index contributed by atoms with van der Waals surface area (Å²) in [4.78, 5) is 5.25. The lowest BCUT2D eigenvalue weighted by molar-refractivity contribution is 0.332. The maximum atomic E-state index is 2.62. The fourth-order valence-corrected chi connectivity index (χ4v) is 17.7. The lowest BCUT2D eigenvalue weighted by atomic mass is 9.33. The molecule has 18 rings (SSSR count). The molecule has 14 aromatic rings. The number of hydrogen-bond donors (Lipinski definition) is 0. The minimum Gasteiger partial charge on any atom is -0.311 e. The quantitative estimate of drug-likeness (QED) is 0.148. The van der Waals surface area contributed by atoms with Crippen LogP contribution in [0, 0.1) is 0 Å². The Morgan fingerprint density at radius 3 is 1.09 bits per heavy atom. The van der Waals surface area contributed by atoms with E-state index in [9.17, 15) is 0 Å². The Kier molecular flexibility index (Phi) is 13.0. The first-order valence-electron chi connectivity index (χ1n) is 35.3. The first kappa shape index (κ1) is 59.4. The number of para-hydroxylation sites is 4. The summed E-state index contributed by atoms with van der Waals surface area (Å²) in [6.07, 6.45) is 4.73. The molecule has 0 fully saturated rings. The van der Waals surface area contributed by atoms with E-state index in [1.54, 1.807) is 0 Å². The van der Waals surface area contributed by atoms with Gasteiger partial charge in [-0.25, -0.2) is 0 Å². The summed E-state index contributed by atoms with van der Waals surface area (Å²) in [7, 11) is 0. The summed E-state index contributed by atoms with van der Waals surface area (Å²) < 4.78 is 5.02. The van der Waals surface area contributed by atoms with Crippen LogP contribution in [0.1, 0.15) is 130 Å². The molecule has 4 nitrogen and oxygen atoms in total. The van der Waals surface area contributed by atoms with E-state index in [0.29, 0.717) is 0 Å². The number of rotatable bonds is 7. The average molecular weight is 1260 g/mol. The van der Waals surface area contributed by atoms with Crippen LogP contribution < -0.4 is 26.2 Å². The Hall–Kier alpha value is -10.1. The number of nitrogens with zero attached hydrogens (tertiary/aromatic N) is 4. The summed E-state index contributed by atoms with van der Waals surface area (Å²) in [5.41, 5.74) is 32.7. The molecule has 474 valence electrons. The predicted octanol–water partition coefficient (Wildman–Crippen LogP) is 23.0. The van der Waals surface area contributed by atoms with Crippen molar-refractivity contribution in [2.24, 2.45) is 0 Å². The van der Waals surface area contributed by atoms with Gasteiger partial charge in [-0.05, 0) is 209 Å². The molecule has 0 atom stereocenters. The van der Waals surface area contributed by atoms with Gasteiger partial charge in [-0.15, -0.1) is 0 Å². The molecule has 4 aliphatic rings. The fraction of sp³-hybridized carbons (Fsp3) is 0.217. The average Bonchev–Trinajstić information content (AvgIpc) is 0.909. The van der Waals surface area contributed by atoms with Gasteiger partial charge in [0.1, 0.15) is 0 Å². The summed E-state index contributed by atoms with van der Waals surface area (Å²) in [6.45, 7) is 26.3. The molecule has 0 saturated carbocycles. The Labute approximate surface area is 572 Å². The van der Waals surface area contributed by atoms with Gasteiger partial charge in [0, 0.05) is 61.4 Å². The molecule has 0 spiro atoms. The molecule has 97 heavy (non-hydrogen) atoms. The molecule has 4 heterocycles. The van der Waals surface area contributed by atoms with Crippen molar-refractivity contribution < 1.29 is 0 Å². The van der Waals surface area contributed by atoms with E-state index < -0.39 is 0 Å². The smallest absolute Gasteiger partial charge is 0.252 e. The molecular formula is C92H83BN4. The predicted molar refractivity (Wildman–Crippen MR) is 415 cm³/mol. The van der Waals surface area contributed by atoms with Crippen molar-refractivity contribution in [3.63, 3.8) is 0 Å². The van der Waals surface area contributed by atoms with Gasteiger partial charge in [0.05, 0.1) is 27.8 Å². The fourth-order valence-electron chi connectivity index (χ4n) is 17.7. The molecule has 0 radical (unpaired) electrons. The van der Waals surface area contributed by atoms with Crippen LogP contribution in [-0.2, 0) is 27.1 Å². The molecule has 0 saturated heterocycles. The monoisotopic (exact) mass is 1250 g/mol. The molecule has 2 aliphatic heterocycles. The summed E-state index contributed by atoms with van der Waals surface area (Å²) in [6, 6.07) is 98.6. The van der Waals surface area contributed by atoms with E-state index in [-0.39, 0.29) is 33.8 Å². The molecule has 12 aromatic carbocycles. The Bertz CT molecular complexity index is 5480. The summed E-state index contributed by atoms with van der Waals surface area (Å²) in [5.74, 6) is 0. The van der Waals surface area contributed by atoms with Gasteiger partial charge in [0.25, 0.3) is 6.71 Å². The van der Waals surface area contributed by atoms with Gasteiger partial charge >= 0.3 is 0 Å². The SMILES string of the molecule is CC(C)(C)c1cccc(-c2ccc3c(c2)N(c2ccc(-c4ccc5c(c4)C(C)(C)CCC5(C)C)cc2)c2cc(-n4c5ccccc5c5ccccc54)cc4c2B3c2ccc(-n3c5ccccc5c5ccccc53)cc2N4c2ccc(-c3ccc4c(c3)C(C)(C)CCC4(C)C)cc2)c1. The number of fused-ring (bicyclic) bond motifs is 12. The van der Waals surface area contributed by atoms with Crippen molar-refractivity contribution in [3.05, 3.63) is 283 Å². The molecular weight excluding hydrogens is 1170 g/mol. The van der Waals surface area contributed by atoms with Gasteiger partial charge in [-0.3, -0.25) is 0 Å². The van der Waals surface area contributed by atoms with Crippen LogP contribution in [0.25, 0.3) is 88.4 Å². The minimum absolute atomic E-state index is 0.0215. The molecule has 2 aromatic heterocycles. The number of anilines is 6. The van der Waals surface area contributed by atoms with E-state index >= 15 is 0 Å². The second-order valence-electron chi connectivity index (χ2n) is 32.2. The lowest BCUT2D eigenvalue weighted by Crippen LogP contribution is -2.61. The first-order chi connectivity index (χ1) is 46.7. The third-order valence-electron chi connectivity index (χ3n) is 23.4. The van der Waals surface area contributed by atoms with E-state index in [1.807, 2.05) is 0 Å². The Balaban J connectivity index is 0.914. The van der Waals surface area contributed by atoms with Crippen molar-refractivity contribution in [2.45, 2.75) is 129 Å². The highest BCUT2D eigenvalue weighted by atomic mass is 15.2. The van der Waals surface area contributed by atoms with E-state index in [1.165, 1.54) is 153 Å². The van der Waals surface area contributed by atoms with Crippen LogP contribution in [0.15, 0.2) is 255 Å². The highest BCUT2D eigenvalue weighted by Gasteiger charge is 2.45. The van der Waals surface area contributed by atoms with Crippen LogP contribution in [0.3, 0.4) is 0 Å². The van der Waals surface area contributed by atoms with Crippen molar-refractivity contribution in [1.29, 1.82) is 0 Å². The zero-order chi connectivity index (χ0) is 66.2. The Morgan fingerprint density at radius 2 is 0.639 bits per heavy atom. The number of benzene rings is 12. The van der Waals surface area contributed by atoms with Crippen molar-refractivity contribution in [3.8, 4) is 44.8 Å². The molecule has 2 aliphatic carbocycles. The van der Waals surface area contributed by atoms with Crippen molar-refractivity contribution in [1.82, 2.24) is 9.13 Å². The maximum Gasteiger partial charge on any atom is 0.252 e. The largest absolute Gasteiger partial charge is 0.311 e. The van der Waals surface area contributed by atoms with Gasteiger partial charge in [-0.1, -0.05) is 252 Å². The maximum absolute atomic E-state index is 2.62. The zero-order valence-corrected chi connectivity index (χ0v) is 57.9. The highest BCUT2D eigenvalue weighted by molar-refractivity contribution is 7.00. The van der Waals surface area contributed by atoms with Gasteiger partial charge in [0.15, 0.2) is 0 Å². The lowest BCUT2D eigenvalue weighted by Gasteiger charge is -2.44. The third kappa shape index (κ3) is 9.23. The van der Waals surface area contributed by atoms with E-state index in [4.69, 9.17) is 0 Å². The van der Waals surface area contributed by atoms with Crippen molar-refractivity contribution in [2.75, 3.05) is 9.80 Å². The summed E-state index contributed by atoms with van der Waals surface area (Å²) >= 11 is 0. The van der Waals surface area contributed by atoms with Gasteiger partial charge < -0.3 is 18.9 Å². The highest BCUT2D eigenvalue weighted by Crippen LogP contribution is 2.52. The van der Waals surface area contributed by atoms with Crippen LogP contribution in [0.5, 0.6) is 0 Å². The van der Waals surface area contributed by atoms with E-state index in [2.05, 4.69) is 350 Å². The molecule has 0 N–H and O–H groups in total. The van der Waals surface area contributed by atoms with Gasteiger partial charge in [0.2, 0.25) is 0 Å². The van der Waals surface area contributed by atoms with Crippen LogP contribution in [0.2, 0.25) is 0 Å². The molecule has 5 heteroatoms. The molecule has 0 bridgehead atoms. The normalized spacial score (nSPS) is 16.3. The standard InChI is InChI=1S/C92H83BN4/c1-88(2,3)64-22-20-21-60(51-64)63-37-45-77-83(54-63)94(65-38-31-58(32-39-65)61-35-43-73-75(52-61)91(8,9)49-47-89(73,4)5)85-56-68(97-81-29-18-14-25-71(81)72-26-15-19-30-82(72)97)57-86-87(85)93(77)78-46-42-67(96-79-27-16-12-23-69(79)70-24-13-17-28-80(70)96)55-84(78)95(86)66-40-33-59(34-41-66)62-36-44-74-76(53-62)92(10,11)50-48-90(74,6)7/h12-46,51-57H,47-50H2,1-11H3. The number of hydrogen-bond acceptors (Lipinski definition) is 2. The van der Waals surface area contributed by atoms with E-state index in [0.717, 1.165) is 39.8 Å². The zero-order valence-electron chi connectivity index (χ0n) is 57.9. The number of aromatic nitrogens is 2. The second-order valence-corrected chi connectivity index (χ2v) is 32.2.